The van der Waals surface area contributed by atoms with Gasteiger partial charge in [-0.15, -0.1) is 0 Å². The summed E-state index contributed by atoms with van der Waals surface area (Å²) in [5.74, 6) is 0.336. The Hall–Kier alpha value is -0.930. The minimum absolute atomic E-state index is 0.118. The molecule has 1 heterocycles. The number of nitrogens with one attached hydrogen (secondary N) is 1. The third kappa shape index (κ3) is 2.90. The lowest BCUT2D eigenvalue weighted by Crippen LogP contribution is -2.47. The van der Waals surface area contributed by atoms with Gasteiger partial charge in [-0.2, -0.15) is 0 Å². The van der Waals surface area contributed by atoms with Crippen LogP contribution in [0.15, 0.2) is 24.3 Å². The molecule has 0 aromatic heterocycles. The van der Waals surface area contributed by atoms with Gasteiger partial charge >= 0.3 is 0 Å². The van der Waals surface area contributed by atoms with Crippen LogP contribution in [0.1, 0.15) is 30.7 Å². The molecule has 1 saturated heterocycles. The van der Waals surface area contributed by atoms with Crippen LogP contribution in [0.25, 0.3) is 0 Å². The van der Waals surface area contributed by atoms with E-state index >= 15 is 0 Å². The van der Waals surface area contributed by atoms with Crippen molar-refractivity contribution in [2.45, 2.75) is 37.3 Å². The second-order valence-electron chi connectivity index (χ2n) is 5.85. The number of rotatable bonds is 3. The summed E-state index contributed by atoms with van der Waals surface area (Å²) in [6.45, 7) is 2.15. The lowest BCUT2D eigenvalue weighted by molar-refractivity contribution is 0.203. The molecule has 2 fully saturated rings. The van der Waals surface area contributed by atoms with Crippen molar-refractivity contribution in [2.24, 2.45) is 0 Å². The van der Waals surface area contributed by atoms with E-state index < -0.39 is 0 Å². The Bertz CT molecular complexity index is 415. The van der Waals surface area contributed by atoms with Crippen LogP contribution in [0.2, 0.25) is 0 Å². The molecule has 2 nitrogen and oxygen atoms in total. The fourth-order valence-electron chi connectivity index (χ4n) is 3.03. The minimum atomic E-state index is -0.118. The molecule has 98 valence electrons. The lowest BCUT2D eigenvalue weighted by atomic mass is 9.88. The van der Waals surface area contributed by atoms with Gasteiger partial charge in [0.25, 0.3) is 0 Å². The summed E-state index contributed by atoms with van der Waals surface area (Å²) in [6, 6.07) is 8.40. The summed E-state index contributed by atoms with van der Waals surface area (Å²) in [4.78, 5) is 2.36. The molecular weight excluding hydrogens is 227 g/mol. The van der Waals surface area contributed by atoms with E-state index in [-0.39, 0.29) is 5.82 Å². The Morgan fingerprint density at radius 1 is 1.22 bits per heavy atom. The Kier molecular flexibility index (Phi) is 3.35. The maximum Gasteiger partial charge on any atom is 0.123 e. The van der Waals surface area contributed by atoms with Crippen LogP contribution in [0.4, 0.5) is 4.39 Å². The van der Waals surface area contributed by atoms with Gasteiger partial charge in [0.1, 0.15) is 5.82 Å². The molecule has 2 atom stereocenters. The maximum absolute atomic E-state index is 13.3. The first kappa shape index (κ1) is 12.1. The molecule has 1 aromatic rings. The number of likely N-dealkylation sites (tertiary alicyclic amines) is 1. The van der Waals surface area contributed by atoms with Crippen molar-refractivity contribution in [2.75, 3.05) is 20.1 Å². The van der Waals surface area contributed by atoms with E-state index in [1.807, 2.05) is 6.07 Å². The van der Waals surface area contributed by atoms with Gasteiger partial charge in [0.15, 0.2) is 0 Å². The number of halogens is 1. The number of hydrogen-bond donors (Lipinski definition) is 1. The normalized spacial score (nSPS) is 29.4. The van der Waals surface area contributed by atoms with Crippen molar-refractivity contribution >= 4 is 0 Å². The van der Waals surface area contributed by atoms with Crippen LogP contribution in [-0.4, -0.2) is 37.1 Å². The summed E-state index contributed by atoms with van der Waals surface area (Å²) >= 11 is 0. The van der Waals surface area contributed by atoms with Crippen LogP contribution in [0.3, 0.4) is 0 Å². The molecule has 1 saturated carbocycles. The Morgan fingerprint density at radius 3 is 2.78 bits per heavy atom. The topological polar surface area (TPSA) is 15.3 Å². The van der Waals surface area contributed by atoms with Crippen LogP contribution in [0, 0.1) is 5.82 Å². The highest BCUT2D eigenvalue weighted by atomic mass is 19.1. The molecule has 0 radical (unpaired) electrons. The molecule has 1 N–H and O–H groups in total. The third-order valence-electron chi connectivity index (χ3n) is 4.00. The predicted octanol–water partition coefficient (Wildman–Crippen LogP) is 2.37. The first-order valence-corrected chi connectivity index (χ1v) is 6.91. The number of piperidine rings is 1. The zero-order valence-electron chi connectivity index (χ0n) is 10.9. The standard InChI is InChI=1S/C15H21FN2/c1-18-9-12(11-3-2-4-13(16)7-11)8-15(10-18)17-14-5-6-14/h2-4,7,12,14-15,17H,5-6,8-10H2,1H3. The van der Waals surface area contributed by atoms with E-state index in [2.05, 4.69) is 23.3 Å². The van der Waals surface area contributed by atoms with Gasteiger partial charge in [-0.05, 0) is 49.9 Å². The van der Waals surface area contributed by atoms with Gasteiger partial charge in [0.05, 0.1) is 0 Å². The second kappa shape index (κ2) is 4.98. The van der Waals surface area contributed by atoms with E-state index in [9.17, 15) is 4.39 Å². The number of likely N-dealkylation sites (N-methyl/N-ethyl adjacent to an activating group) is 1. The van der Waals surface area contributed by atoms with Crippen LogP contribution in [0.5, 0.6) is 0 Å². The molecule has 0 spiro atoms. The fourth-order valence-corrected chi connectivity index (χ4v) is 3.03. The summed E-state index contributed by atoms with van der Waals surface area (Å²) in [6.07, 6.45) is 3.78. The lowest BCUT2D eigenvalue weighted by Gasteiger charge is -2.36. The number of hydrogen-bond acceptors (Lipinski definition) is 2. The molecule has 18 heavy (non-hydrogen) atoms. The van der Waals surface area contributed by atoms with E-state index in [0.29, 0.717) is 12.0 Å². The SMILES string of the molecule is CN1CC(NC2CC2)CC(c2cccc(F)c2)C1. The van der Waals surface area contributed by atoms with Gasteiger partial charge in [0.2, 0.25) is 0 Å². The van der Waals surface area contributed by atoms with Crippen molar-refractivity contribution in [1.29, 1.82) is 0 Å². The molecule has 1 aliphatic heterocycles. The Labute approximate surface area is 108 Å². The molecule has 0 bridgehead atoms. The van der Waals surface area contributed by atoms with Crippen molar-refractivity contribution in [1.82, 2.24) is 10.2 Å². The largest absolute Gasteiger partial charge is 0.310 e. The van der Waals surface area contributed by atoms with E-state index in [0.717, 1.165) is 31.1 Å². The monoisotopic (exact) mass is 248 g/mol. The zero-order chi connectivity index (χ0) is 12.5. The number of nitrogens with zero attached hydrogens (tertiary/aromatic N) is 1. The predicted molar refractivity (Wildman–Crippen MR) is 71.2 cm³/mol. The van der Waals surface area contributed by atoms with Crippen LogP contribution < -0.4 is 5.32 Å². The highest BCUT2D eigenvalue weighted by molar-refractivity contribution is 5.22. The molecular formula is C15H21FN2. The Balaban J connectivity index is 1.70. The van der Waals surface area contributed by atoms with Gasteiger partial charge in [-0.3, -0.25) is 0 Å². The summed E-state index contributed by atoms with van der Waals surface area (Å²) in [5.41, 5.74) is 1.14. The van der Waals surface area contributed by atoms with E-state index in [1.54, 1.807) is 6.07 Å². The molecule has 3 rings (SSSR count). The second-order valence-corrected chi connectivity index (χ2v) is 5.85. The van der Waals surface area contributed by atoms with Crippen molar-refractivity contribution in [3.8, 4) is 0 Å². The van der Waals surface area contributed by atoms with Gasteiger partial charge < -0.3 is 10.2 Å². The summed E-state index contributed by atoms with van der Waals surface area (Å²) in [5, 5.41) is 3.70. The smallest absolute Gasteiger partial charge is 0.123 e. The fraction of sp³-hybridized carbons (Fsp3) is 0.600. The number of benzene rings is 1. The zero-order valence-corrected chi connectivity index (χ0v) is 10.9. The van der Waals surface area contributed by atoms with E-state index in [4.69, 9.17) is 0 Å². The van der Waals surface area contributed by atoms with Crippen molar-refractivity contribution in [3.63, 3.8) is 0 Å². The van der Waals surface area contributed by atoms with Gasteiger partial charge in [-0.25, -0.2) is 4.39 Å². The first-order chi connectivity index (χ1) is 8.70. The van der Waals surface area contributed by atoms with Gasteiger partial charge in [-0.1, -0.05) is 12.1 Å². The van der Waals surface area contributed by atoms with Crippen LogP contribution >= 0.6 is 0 Å². The quantitative estimate of drug-likeness (QED) is 0.883. The van der Waals surface area contributed by atoms with Gasteiger partial charge in [0, 0.05) is 25.2 Å². The molecule has 2 unspecified atom stereocenters. The molecule has 2 aliphatic rings. The van der Waals surface area contributed by atoms with Crippen molar-refractivity contribution in [3.05, 3.63) is 35.6 Å². The van der Waals surface area contributed by atoms with E-state index in [1.165, 1.54) is 18.9 Å². The maximum atomic E-state index is 13.3. The molecule has 0 amide bonds. The Morgan fingerprint density at radius 2 is 2.06 bits per heavy atom. The van der Waals surface area contributed by atoms with Crippen molar-refractivity contribution < 1.29 is 4.39 Å². The average molecular weight is 248 g/mol. The third-order valence-corrected chi connectivity index (χ3v) is 4.00. The molecule has 1 aliphatic carbocycles. The highest BCUT2D eigenvalue weighted by Crippen LogP contribution is 2.29. The molecule has 3 heteroatoms. The minimum Gasteiger partial charge on any atom is -0.310 e. The summed E-state index contributed by atoms with van der Waals surface area (Å²) < 4.78 is 13.3. The first-order valence-electron chi connectivity index (χ1n) is 6.91. The average Bonchev–Trinajstić information content (AvgIpc) is 3.12. The van der Waals surface area contributed by atoms with Crippen LogP contribution in [-0.2, 0) is 0 Å². The molecule has 1 aromatic carbocycles. The summed E-state index contributed by atoms with van der Waals surface area (Å²) in [7, 11) is 2.16. The highest BCUT2D eigenvalue weighted by Gasteiger charge is 2.30.